The third-order valence-electron chi connectivity index (χ3n) is 5.46. The van der Waals surface area contributed by atoms with E-state index in [9.17, 15) is 0 Å². The van der Waals surface area contributed by atoms with Crippen molar-refractivity contribution >= 4 is 36.4 Å². The maximum absolute atomic E-state index is 4.18. The molecule has 0 amide bonds. The number of rotatable bonds is 8. The van der Waals surface area contributed by atoms with Gasteiger partial charge in [-0.3, -0.25) is 0 Å². The molecule has 0 spiro atoms. The SMILES string of the molecule is C=CC[P+](CP(c1ccccc1)c1ccccc1)(c1ccccc1)c1ccccc1. The lowest BCUT2D eigenvalue weighted by Crippen LogP contribution is -2.29. The second-order valence-electron chi connectivity index (χ2n) is 7.35. The van der Waals surface area contributed by atoms with Crippen molar-refractivity contribution in [2.75, 3.05) is 12.1 Å². The van der Waals surface area contributed by atoms with Crippen molar-refractivity contribution in [1.82, 2.24) is 0 Å². The Hall–Kier alpha value is -2.52. The van der Waals surface area contributed by atoms with Gasteiger partial charge < -0.3 is 0 Å². The molecule has 4 aromatic carbocycles. The molecule has 0 heterocycles. The number of benzene rings is 4. The van der Waals surface area contributed by atoms with Gasteiger partial charge >= 0.3 is 0 Å². The van der Waals surface area contributed by atoms with Gasteiger partial charge in [-0.05, 0) is 42.8 Å². The summed E-state index contributed by atoms with van der Waals surface area (Å²) < 4.78 is 0. The first-order valence-electron chi connectivity index (χ1n) is 10.3. The molecule has 0 atom stereocenters. The Morgan fingerprint density at radius 1 is 0.567 bits per heavy atom. The molecule has 0 aliphatic rings. The van der Waals surface area contributed by atoms with Crippen LogP contribution in [0, 0.1) is 0 Å². The topological polar surface area (TPSA) is 0 Å². The van der Waals surface area contributed by atoms with Crippen LogP contribution in [0.5, 0.6) is 0 Å². The average molecular weight is 425 g/mol. The largest absolute Gasteiger partial charge is 0.0999 e. The first-order valence-corrected chi connectivity index (χ1v) is 14.0. The van der Waals surface area contributed by atoms with Crippen molar-refractivity contribution in [3.05, 3.63) is 134 Å². The second kappa shape index (κ2) is 9.99. The second-order valence-corrected chi connectivity index (χ2v) is 13.7. The zero-order valence-electron chi connectivity index (χ0n) is 17.1. The summed E-state index contributed by atoms with van der Waals surface area (Å²) in [7, 11) is -2.17. The Bertz CT molecular complexity index is 966. The molecule has 0 N–H and O–H groups in total. The third-order valence-corrected chi connectivity index (χ3v) is 13.8. The van der Waals surface area contributed by atoms with Crippen molar-refractivity contribution < 1.29 is 0 Å². The monoisotopic (exact) mass is 425 g/mol. The molecule has 0 bridgehead atoms. The standard InChI is InChI=1S/C28H27P2/c1-2-23-30(27-19-11-5-12-20-27,28-21-13-6-14-22-28)24-29(25-15-7-3-8-16-25)26-17-9-4-10-18-26/h2-22H,1,23-24H2/q+1. The predicted molar refractivity (Wildman–Crippen MR) is 138 cm³/mol. The van der Waals surface area contributed by atoms with Gasteiger partial charge in [-0.1, -0.05) is 110 Å². The Kier molecular flexibility index (Phi) is 6.91. The molecule has 0 saturated heterocycles. The van der Waals surface area contributed by atoms with E-state index in [2.05, 4.69) is 134 Å². The molecule has 4 rings (SSSR count). The molecule has 0 unspecified atom stereocenters. The summed E-state index contributed by atoms with van der Waals surface area (Å²) in [5.41, 5.74) is 0. The molecule has 4 aromatic rings. The van der Waals surface area contributed by atoms with E-state index in [0.29, 0.717) is 0 Å². The van der Waals surface area contributed by atoms with E-state index in [-0.39, 0.29) is 0 Å². The van der Waals surface area contributed by atoms with Crippen LogP contribution in [0.4, 0.5) is 0 Å². The van der Waals surface area contributed by atoms with Crippen LogP contribution in [0.15, 0.2) is 134 Å². The predicted octanol–water partition coefficient (Wildman–Crippen LogP) is 5.93. The fraction of sp³-hybridized carbons (Fsp3) is 0.0714. The van der Waals surface area contributed by atoms with E-state index in [1.807, 2.05) is 0 Å². The maximum Gasteiger partial charge on any atom is 0.0999 e. The van der Waals surface area contributed by atoms with Gasteiger partial charge in [0.05, 0.1) is 29.9 Å². The highest BCUT2D eigenvalue weighted by atomic mass is 31.2. The van der Waals surface area contributed by atoms with Crippen LogP contribution < -0.4 is 21.2 Å². The molecule has 0 aliphatic carbocycles. The van der Waals surface area contributed by atoms with Crippen LogP contribution in [0.3, 0.4) is 0 Å². The first-order chi connectivity index (χ1) is 14.8. The van der Waals surface area contributed by atoms with Crippen LogP contribution >= 0.6 is 15.2 Å². The molecule has 30 heavy (non-hydrogen) atoms. The normalized spacial score (nSPS) is 11.4. The van der Waals surface area contributed by atoms with Crippen LogP contribution in [0.1, 0.15) is 0 Å². The molecule has 0 fully saturated rings. The van der Waals surface area contributed by atoms with Crippen molar-refractivity contribution in [3.63, 3.8) is 0 Å². The van der Waals surface area contributed by atoms with Gasteiger partial charge in [0, 0.05) is 0 Å². The van der Waals surface area contributed by atoms with Gasteiger partial charge in [-0.15, -0.1) is 0 Å². The lowest BCUT2D eigenvalue weighted by molar-refractivity contribution is 1.65. The van der Waals surface area contributed by atoms with Gasteiger partial charge in [-0.2, -0.15) is 0 Å². The minimum absolute atomic E-state index is 0.496. The highest BCUT2D eigenvalue weighted by Gasteiger charge is 2.44. The van der Waals surface area contributed by atoms with E-state index in [1.54, 1.807) is 0 Å². The summed E-state index contributed by atoms with van der Waals surface area (Å²) in [6.07, 6.45) is 3.15. The van der Waals surface area contributed by atoms with Gasteiger partial charge in [0.1, 0.15) is 0 Å². The number of hydrogen-bond acceptors (Lipinski definition) is 0. The molecular formula is C28H27P2+. The van der Waals surface area contributed by atoms with E-state index in [4.69, 9.17) is 0 Å². The lowest BCUT2D eigenvalue weighted by atomic mass is 10.4. The highest BCUT2D eigenvalue weighted by molar-refractivity contribution is 7.98. The molecule has 148 valence electrons. The van der Waals surface area contributed by atoms with Gasteiger partial charge in [-0.25, -0.2) is 0 Å². The summed E-state index contributed by atoms with van der Waals surface area (Å²) in [5, 5.41) is 5.82. The lowest BCUT2D eigenvalue weighted by Gasteiger charge is -2.31. The van der Waals surface area contributed by atoms with Crippen molar-refractivity contribution in [2.24, 2.45) is 0 Å². The molecule has 0 radical (unpaired) electrons. The van der Waals surface area contributed by atoms with Crippen LogP contribution in [0.2, 0.25) is 0 Å². The maximum atomic E-state index is 4.18. The smallest absolute Gasteiger partial charge is 0.0995 e. The molecule has 0 aliphatic heterocycles. The molecule has 0 aromatic heterocycles. The Morgan fingerprint density at radius 3 is 1.30 bits per heavy atom. The van der Waals surface area contributed by atoms with Gasteiger partial charge in [0.15, 0.2) is 0 Å². The van der Waals surface area contributed by atoms with Crippen LogP contribution in [-0.4, -0.2) is 12.1 Å². The Labute approximate surface area is 182 Å². The minimum atomic E-state index is -1.68. The quantitative estimate of drug-likeness (QED) is 0.242. The third kappa shape index (κ3) is 4.46. The van der Waals surface area contributed by atoms with E-state index >= 15 is 0 Å². The zero-order valence-corrected chi connectivity index (χ0v) is 18.9. The first kappa shape index (κ1) is 20.7. The fourth-order valence-corrected chi connectivity index (χ4v) is 13.0. The zero-order chi connectivity index (χ0) is 20.7. The molecule has 0 nitrogen and oxygen atoms in total. The van der Waals surface area contributed by atoms with Crippen molar-refractivity contribution in [1.29, 1.82) is 0 Å². The highest BCUT2D eigenvalue weighted by Crippen LogP contribution is 2.63. The summed E-state index contributed by atoms with van der Waals surface area (Å²) >= 11 is 0. The molecular weight excluding hydrogens is 398 g/mol. The van der Waals surface area contributed by atoms with E-state index in [1.165, 1.54) is 21.2 Å². The van der Waals surface area contributed by atoms with Crippen LogP contribution in [0.25, 0.3) is 0 Å². The van der Waals surface area contributed by atoms with Gasteiger partial charge in [0.2, 0.25) is 0 Å². The molecule has 2 heteroatoms. The van der Waals surface area contributed by atoms with Crippen molar-refractivity contribution in [3.8, 4) is 0 Å². The van der Waals surface area contributed by atoms with E-state index < -0.39 is 15.2 Å². The van der Waals surface area contributed by atoms with Crippen molar-refractivity contribution in [2.45, 2.75) is 0 Å². The summed E-state index contributed by atoms with van der Waals surface area (Å²) in [6, 6.07) is 44.4. The van der Waals surface area contributed by atoms with Crippen LogP contribution in [-0.2, 0) is 0 Å². The fourth-order valence-electron chi connectivity index (χ4n) is 4.00. The van der Waals surface area contributed by atoms with E-state index in [0.717, 1.165) is 12.1 Å². The Balaban J connectivity index is 1.90. The minimum Gasteiger partial charge on any atom is -0.0995 e. The van der Waals surface area contributed by atoms with Gasteiger partial charge in [0.25, 0.3) is 0 Å². The Morgan fingerprint density at radius 2 is 0.933 bits per heavy atom. The summed E-state index contributed by atoms with van der Waals surface area (Å²) in [6.45, 7) is 4.18. The average Bonchev–Trinajstić information content (AvgIpc) is 2.84. The molecule has 0 saturated carbocycles. The number of allylic oxidation sites excluding steroid dienone is 1. The number of hydrogen-bond donors (Lipinski definition) is 0. The summed E-state index contributed by atoms with van der Waals surface area (Å²) in [4.78, 5) is 0. The summed E-state index contributed by atoms with van der Waals surface area (Å²) in [5.74, 6) is 1.15.